The van der Waals surface area contributed by atoms with Crippen molar-refractivity contribution in [1.82, 2.24) is 5.32 Å². The highest BCUT2D eigenvalue weighted by Crippen LogP contribution is 2.14. The first-order valence-electron chi connectivity index (χ1n) is 7.60. The molecule has 0 bridgehead atoms. The van der Waals surface area contributed by atoms with Gasteiger partial charge in [-0.15, -0.1) is 0 Å². The van der Waals surface area contributed by atoms with Crippen LogP contribution in [-0.4, -0.2) is 41.2 Å². The van der Waals surface area contributed by atoms with Crippen LogP contribution in [-0.2, 0) is 11.2 Å². The van der Waals surface area contributed by atoms with Crippen LogP contribution in [0.15, 0.2) is 30.3 Å². The van der Waals surface area contributed by atoms with Gasteiger partial charge in [-0.3, -0.25) is 0 Å². The van der Waals surface area contributed by atoms with Crippen molar-refractivity contribution in [1.29, 1.82) is 0 Å². The molecule has 0 spiro atoms. The van der Waals surface area contributed by atoms with E-state index in [2.05, 4.69) is 5.32 Å². The Balaban J connectivity index is 2.56. The molecule has 1 rings (SSSR count). The molecule has 0 fully saturated rings. The quantitative estimate of drug-likeness (QED) is 0.721. The zero-order chi connectivity index (χ0) is 16.6. The Labute approximate surface area is 132 Å². The summed E-state index contributed by atoms with van der Waals surface area (Å²) in [5.41, 5.74) is 0.590. The lowest BCUT2D eigenvalue weighted by Crippen LogP contribution is -2.36. The molecule has 0 heterocycles. The number of carbonyl (C=O) groups is 1. The van der Waals surface area contributed by atoms with E-state index < -0.39 is 17.8 Å². The second-order valence-electron chi connectivity index (χ2n) is 6.51. The molecule has 2 atom stereocenters. The van der Waals surface area contributed by atoms with Crippen LogP contribution in [0.2, 0.25) is 0 Å². The number of carbonyl (C=O) groups excluding carboxylic acids is 1. The van der Waals surface area contributed by atoms with Gasteiger partial charge in [-0.05, 0) is 45.1 Å². The first kappa shape index (κ1) is 18.5. The fraction of sp³-hybridized carbons (Fsp3) is 0.588. The van der Waals surface area contributed by atoms with E-state index in [0.29, 0.717) is 19.4 Å². The van der Waals surface area contributed by atoms with Crippen molar-refractivity contribution in [2.24, 2.45) is 5.92 Å². The van der Waals surface area contributed by atoms with Crippen LogP contribution in [0.5, 0.6) is 0 Å². The number of amides is 1. The van der Waals surface area contributed by atoms with Gasteiger partial charge in [0.25, 0.3) is 0 Å². The molecule has 1 amide bonds. The number of aliphatic hydroxyl groups is 2. The van der Waals surface area contributed by atoms with Gasteiger partial charge in [0, 0.05) is 6.54 Å². The van der Waals surface area contributed by atoms with Gasteiger partial charge in [-0.1, -0.05) is 30.3 Å². The van der Waals surface area contributed by atoms with E-state index in [0.717, 1.165) is 5.56 Å². The minimum absolute atomic E-state index is 0.0251. The maximum absolute atomic E-state index is 11.7. The molecule has 0 radical (unpaired) electrons. The van der Waals surface area contributed by atoms with Crippen molar-refractivity contribution in [3.63, 3.8) is 0 Å². The number of alkyl carbamates (subject to hydrolysis) is 1. The lowest BCUT2D eigenvalue weighted by molar-refractivity contribution is 0.0491. The Bertz CT molecular complexity index is 442. The van der Waals surface area contributed by atoms with Gasteiger partial charge in [-0.2, -0.15) is 0 Å². The Morgan fingerprint density at radius 3 is 2.45 bits per heavy atom. The van der Waals surface area contributed by atoms with Crippen LogP contribution in [0, 0.1) is 5.92 Å². The third-order valence-electron chi connectivity index (χ3n) is 3.12. The second-order valence-corrected chi connectivity index (χ2v) is 6.51. The van der Waals surface area contributed by atoms with Gasteiger partial charge in [-0.25, -0.2) is 4.79 Å². The molecule has 0 aliphatic rings. The SMILES string of the molecule is CC(C)(C)OC(=O)NCC(Cc1ccccc1)CC(O)CO. The third-order valence-corrected chi connectivity index (χ3v) is 3.12. The molecule has 1 aromatic rings. The number of hydrogen-bond donors (Lipinski definition) is 3. The fourth-order valence-electron chi connectivity index (χ4n) is 2.19. The number of benzene rings is 1. The molecule has 3 N–H and O–H groups in total. The highest BCUT2D eigenvalue weighted by atomic mass is 16.6. The summed E-state index contributed by atoms with van der Waals surface area (Å²) in [5.74, 6) is 0.0251. The minimum Gasteiger partial charge on any atom is -0.444 e. The molecule has 0 aliphatic heterocycles. The number of ether oxygens (including phenoxy) is 1. The molecule has 0 saturated heterocycles. The first-order valence-corrected chi connectivity index (χ1v) is 7.60. The van der Waals surface area contributed by atoms with Crippen molar-refractivity contribution in [3.8, 4) is 0 Å². The summed E-state index contributed by atoms with van der Waals surface area (Å²) in [6.45, 7) is 5.54. The number of nitrogens with one attached hydrogen (secondary N) is 1. The lowest BCUT2D eigenvalue weighted by atomic mass is 9.93. The second kappa shape index (κ2) is 8.76. The summed E-state index contributed by atoms with van der Waals surface area (Å²) in [7, 11) is 0. The Morgan fingerprint density at radius 2 is 1.91 bits per heavy atom. The van der Waals surface area contributed by atoms with E-state index in [1.54, 1.807) is 0 Å². The van der Waals surface area contributed by atoms with Crippen LogP contribution >= 0.6 is 0 Å². The van der Waals surface area contributed by atoms with E-state index >= 15 is 0 Å². The fourth-order valence-corrected chi connectivity index (χ4v) is 2.19. The lowest BCUT2D eigenvalue weighted by Gasteiger charge is -2.23. The average molecular weight is 309 g/mol. The summed E-state index contributed by atoms with van der Waals surface area (Å²) in [4.78, 5) is 11.7. The zero-order valence-corrected chi connectivity index (χ0v) is 13.6. The van der Waals surface area contributed by atoms with Crippen molar-refractivity contribution in [2.75, 3.05) is 13.2 Å². The van der Waals surface area contributed by atoms with E-state index in [4.69, 9.17) is 9.84 Å². The van der Waals surface area contributed by atoms with Crippen LogP contribution < -0.4 is 5.32 Å². The standard InChI is InChI=1S/C17H27NO4/c1-17(2,3)22-16(21)18-11-14(10-15(20)12-19)9-13-7-5-4-6-8-13/h4-8,14-15,19-20H,9-12H2,1-3H3,(H,18,21). The van der Waals surface area contributed by atoms with Crippen LogP contribution in [0.25, 0.3) is 0 Å². The monoisotopic (exact) mass is 309 g/mol. The average Bonchev–Trinajstić information content (AvgIpc) is 2.44. The molecule has 2 unspecified atom stereocenters. The highest BCUT2D eigenvalue weighted by molar-refractivity contribution is 5.67. The summed E-state index contributed by atoms with van der Waals surface area (Å²) in [5, 5.41) is 21.4. The third kappa shape index (κ3) is 8.00. The Morgan fingerprint density at radius 1 is 1.27 bits per heavy atom. The Hall–Kier alpha value is -1.59. The number of hydrogen-bond acceptors (Lipinski definition) is 4. The molecular formula is C17H27NO4. The van der Waals surface area contributed by atoms with Crippen LogP contribution in [0.1, 0.15) is 32.8 Å². The van der Waals surface area contributed by atoms with Gasteiger partial charge in [0.1, 0.15) is 5.60 Å². The van der Waals surface area contributed by atoms with E-state index in [-0.39, 0.29) is 12.5 Å². The molecule has 5 heteroatoms. The number of rotatable bonds is 7. The predicted molar refractivity (Wildman–Crippen MR) is 85.6 cm³/mol. The Kier molecular flexibility index (Phi) is 7.35. The molecule has 0 saturated carbocycles. The first-order chi connectivity index (χ1) is 10.3. The largest absolute Gasteiger partial charge is 0.444 e. The molecule has 0 aromatic heterocycles. The molecular weight excluding hydrogens is 282 g/mol. The topological polar surface area (TPSA) is 78.8 Å². The summed E-state index contributed by atoms with van der Waals surface area (Å²) < 4.78 is 5.21. The van der Waals surface area contributed by atoms with Gasteiger partial charge in [0.2, 0.25) is 0 Å². The smallest absolute Gasteiger partial charge is 0.407 e. The highest BCUT2D eigenvalue weighted by Gasteiger charge is 2.19. The molecule has 124 valence electrons. The number of aliphatic hydroxyl groups excluding tert-OH is 2. The van der Waals surface area contributed by atoms with Crippen LogP contribution in [0.3, 0.4) is 0 Å². The van der Waals surface area contributed by atoms with Crippen LogP contribution in [0.4, 0.5) is 4.79 Å². The van der Waals surface area contributed by atoms with E-state index in [9.17, 15) is 9.90 Å². The summed E-state index contributed by atoms with van der Waals surface area (Å²) >= 11 is 0. The zero-order valence-electron chi connectivity index (χ0n) is 13.6. The molecule has 0 aliphatic carbocycles. The normalized spacial score (nSPS) is 14.2. The van der Waals surface area contributed by atoms with E-state index in [1.807, 2.05) is 51.1 Å². The van der Waals surface area contributed by atoms with Gasteiger partial charge in [0.15, 0.2) is 0 Å². The van der Waals surface area contributed by atoms with Gasteiger partial charge >= 0.3 is 6.09 Å². The minimum atomic E-state index is -0.783. The molecule has 1 aromatic carbocycles. The summed E-state index contributed by atoms with van der Waals surface area (Å²) in [6.07, 6.45) is -0.118. The van der Waals surface area contributed by atoms with E-state index in [1.165, 1.54) is 0 Å². The molecule has 22 heavy (non-hydrogen) atoms. The van der Waals surface area contributed by atoms with Crippen molar-refractivity contribution < 1.29 is 19.7 Å². The van der Waals surface area contributed by atoms with Gasteiger partial charge in [0.05, 0.1) is 12.7 Å². The van der Waals surface area contributed by atoms with Crippen molar-refractivity contribution in [3.05, 3.63) is 35.9 Å². The van der Waals surface area contributed by atoms with Gasteiger partial charge < -0.3 is 20.3 Å². The maximum Gasteiger partial charge on any atom is 0.407 e. The maximum atomic E-state index is 11.7. The van der Waals surface area contributed by atoms with Crippen molar-refractivity contribution in [2.45, 2.75) is 45.3 Å². The van der Waals surface area contributed by atoms with Crippen molar-refractivity contribution >= 4 is 6.09 Å². The predicted octanol–water partition coefficient (Wildman–Crippen LogP) is 2.11. The summed E-state index contributed by atoms with van der Waals surface area (Å²) in [6, 6.07) is 9.87. The molecule has 5 nitrogen and oxygen atoms in total.